The molecule has 3 N–H and O–H groups in total. The molecule has 1 aromatic heterocycles. The third-order valence-electron chi connectivity index (χ3n) is 6.21. The lowest BCUT2D eigenvalue weighted by atomic mass is 9.99. The summed E-state index contributed by atoms with van der Waals surface area (Å²) >= 11 is 0. The second-order valence-electron chi connectivity index (χ2n) is 8.81. The predicted octanol–water partition coefficient (Wildman–Crippen LogP) is 2.90. The van der Waals surface area contributed by atoms with Crippen LogP contribution < -0.4 is 10.2 Å². The molecule has 40 heavy (non-hydrogen) atoms. The summed E-state index contributed by atoms with van der Waals surface area (Å²) < 4.78 is 86.5. The molecule has 11 nitrogen and oxygen atoms in total. The lowest BCUT2D eigenvalue weighted by molar-refractivity contribution is -0.209. The summed E-state index contributed by atoms with van der Waals surface area (Å²) in [6.07, 6.45) is -7.57. The summed E-state index contributed by atoms with van der Waals surface area (Å²) in [5.74, 6) is -6.96. The molecule has 0 radical (unpaired) electrons. The molecular weight excluding hydrogens is 556 g/mol. The van der Waals surface area contributed by atoms with E-state index < -0.39 is 70.2 Å². The lowest BCUT2D eigenvalue weighted by Gasteiger charge is -2.31. The third-order valence-corrected chi connectivity index (χ3v) is 6.21. The fraction of sp³-hybridized carbons (Fsp3) is 0.348. The van der Waals surface area contributed by atoms with Gasteiger partial charge in [-0.1, -0.05) is 0 Å². The Morgan fingerprint density at radius 1 is 1.12 bits per heavy atom. The van der Waals surface area contributed by atoms with Gasteiger partial charge in [-0.25, -0.2) is 19.6 Å². The number of hydrogen-bond acceptors (Lipinski definition) is 9. The molecule has 2 unspecified atom stereocenters. The lowest BCUT2D eigenvalue weighted by Crippen LogP contribution is -2.59. The van der Waals surface area contributed by atoms with Crippen LogP contribution in [0.2, 0.25) is 0 Å². The summed E-state index contributed by atoms with van der Waals surface area (Å²) in [6.45, 7) is 1.48. The van der Waals surface area contributed by atoms with E-state index >= 15 is 0 Å². The second-order valence-corrected chi connectivity index (χ2v) is 8.81. The van der Waals surface area contributed by atoms with E-state index in [2.05, 4.69) is 15.3 Å². The Labute approximate surface area is 220 Å². The maximum atomic E-state index is 14.2. The van der Waals surface area contributed by atoms with E-state index in [1.54, 1.807) is 0 Å². The van der Waals surface area contributed by atoms with E-state index in [0.717, 1.165) is 12.4 Å². The van der Waals surface area contributed by atoms with Crippen LogP contribution in [0, 0.1) is 0 Å². The predicted molar refractivity (Wildman–Crippen MR) is 122 cm³/mol. The number of nitrogens with one attached hydrogen (secondary N) is 1. The minimum Gasteiger partial charge on any atom is -0.507 e. The van der Waals surface area contributed by atoms with Gasteiger partial charge in [0.1, 0.15) is 17.1 Å². The van der Waals surface area contributed by atoms with Gasteiger partial charge in [-0.2, -0.15) is 26.3 Å². The van der Waals surface area contributed by atoms with Crippen molar-refractivity contribution >= 4 is 29.7 Å². The standard InChI is InChI=1S/C23H19F6N5O6/c1-21(23(27,28)29)19(38)33(16-9-31-12(8-32-16)13-10-40-5-4-30-13)20(39)34(21)17(37)3-2-11-6-14(35)18(15(36)7-11)22(24,25)26/h2-3,6-9,13,30,35-36H,4-5,10H2,1H3/b3-2+. The van der Waals surface area contributed by atoms with E-state index in [0.29, 0.717) is 50.1 Å². The van der Waals surface area contributed by atoms with Crippen molar-refractivity contribution in [1.29, 1.82) is 0 Å². The number of benzene rings is 1. The number of imide groups is 2. The smallest absolute Gasteiger partial charge is 0.423 e. The Hall–Kier alpha value is -4.25. The molecule has 2 aliphatic rings. The van der Waals surface area contributed by atoms with Gasteiger partial charge in [-0.15, -0.1) is 0 Å². The van der Waals surface area contributed by atoms with E-state index in [1.165, 1.54) is 0 Å². The molecule has 4 amide bonds. The summed E-state index contributed by atoms with van der Waals surface area (Å²) in [5.41, 5.74) is -5.56. The highest BCUT2D eigenvalue weighted by atomic mass is 19.4. The monoisotopic (exact) mass is 575 g/mol. The molecule has 2 fully saturated rings. The first-order valence-electron chi connectivity index (χ1n) is 11.3. The topological polar surface area (TPSA) is 145 Å². The van der Waals surface area contributed by atoms with Crippen LogP contribution >= 0.6 is 0 Å². The van der Waals surface area contributed by atoms with Crippen LogP contribution in [0.25, 0.3) is 6.08 Å². The quantitative estimate of drug-likeness (QED) is 0.285. The van der Waals surface area contributed by atoms with Crippen LogP contribution in [0.15, 0.2) is 30.6 Å². The fourth-order valence-electron chi connectivity index (χ4n) is 4.10. The SMILES string of the molecule is CC1(C(F)(F)F)C(=O)N(c2cnc(C3COCCN3)cn2)C(=O)N1C(=O)/C=C/c1cc(O)c(C(F)(F)F)c(O)c1. The minimum atomic E-state index is -5.46. The van der Waals surface area contributed by atoms with E-state index in [4.69, 9.17) is 4.74 Å². The van der Waals surface area contributed by atoms with Crippen molar-refractivity contribution in [2.24, 2.45) is 0 Å². The molecule has 17 heteroatoms. The van der Waals surface area contributed by atoms with Gasteiger partial charge in [-0.05, 0) is 30.7 Å². The Morgan fingerprint density at radius 2 is 1.77 bits per heavy atom. The number of halogens is 6. The number of anilines is 1. The van der Waals surface area contributed by atoms with Gasteiger partial charge in [0.15, 0.2) is 5.82 Å². The fourth-order valence-corrected chi connectivity index (χ4v) is 4.10. The molecule has 0 spiro atoms. The molecule has 0 saturated carbocycles. The highest BCUT2D eigenvalue weighted by Crippen LogP contribution is 2.44. The van der Waals surface area contributed by atoms with Crippen molar-refractivity contribution in [1.82, 2.24) is 20.2 Å². The number of rotatable bonds is 4. The molecule has 3 heterocycles. The Morgan fingerprint density at radius 3 is 2.27 bits per heavy atom. The molecule has 214 valence electrons. The summed E-state index contributed by atoms with van der Waals surface area (Å²) in [7, 11) is 0. The maximum Gasteiger partial charge on any atom is 0.423 e. The number of alkyl halides is 6. The van der Waals surface area contributed by atoms with Gasteiger partial charge in [0.2, 0.25) is 5.54 Å². The molecule has 2 aliphatic heterocycles. The van der Waals surface area contributed by atoms with Gasteiger partial charge < -0.3 is 20.3 Å². The number of phenols is 2. The number of morpholine rings is 1. The van der Waals surface area contributed by atoms with Crippen molar-refractivity contribution in [3.63, 3.8) is 0 Å². The molecule has 2 aromatic rings. The molecule has 0 aliphatic carbocycles. The first-order valence-corrected chi connectivity index (χ1v) is 11.3. The number of aromatic hydroxyl groups is 2. The number of urea groups is 1. The van der Waals surface area contributed by atoms with Gasteiger partial charge >= 0.3 is 18.4 Å². The van der Waals surface area contributed by atoms with Gasteiger partial charge in [0.25, 0.3) is 11.8 Å². The molecule has 0 bridgehead atoms. The number of hydrogen-bond donors (Lipinski definition) is 3. The van der Waals surface area contributed by atoms with Crippen molar-refractivity contribution in [2.45, 2.75) is 30.9 Å². The Bertz CT molecular complexity index is 1350. The van der Waals surface area contributed by atoms with E-state index in [-0.39, 0.29) is 16.4 Å². The molecule has 2 atom stereocenters. The van der Waals surface area contributed by atoms with Crippen LogP contribution in [0.4, 0.5) is 37.0 Å². The van der Waals surface area contributed by atoms with Crippen LogP contribution in [-0.2, 0) is 20.5 Å². The first kappa shape index (κ1) is 28.8. The molecular formula is C23H19F6N5O6. The van der Waals surface area contributed by atoms with Crippen molar-refractivity contribution < 1.29 is 55.7 Å². The average molecular weight is 575 g/mol. The number of aromatic nitrogens is 2. The Balaban J connectivity index is 1.66. The summed E-state index contributed by atoms with van der Waals surface area (Å²) in [4.78, 5) is 46.4. The number of amides is 4. The van der Waals surface area contributed by atoms with E-state index in [1.807, 2.05) is 0 Å². The molecule has 1 aromatic carbocycles. The van der Waals surface area contributed by atoms with Gasteiger partial charge in [0, 0.05) is 12.6 Å². The highest BCUT2D eigenvalue weighted by molar-refractivity contribution is 6.28. The zero-order chi connectivity index (χ0) is 29.6. The van der Waals surface area contributed by atoms with Gasteiger partial charge in [0.05, 0.1) is 37.3 Å². The Kier molecular flexibility index (Phi) is 7.23. The average Bonchev–Trinajstić information content (AvgIpc) is 3.07. The first-order chi connectivity index (χ1) is 18.6. The number of phenolic OH excluding ortho intramolecular Hbond substituents is 2. The molecule has 2 saturated heterocycles. The van der Waals surface area contributed by atoms with Crippen LogP contribution in [0.3, 0.4) is 0 Å². The van der Waals surface area contributed by atoms with Crippen LogP contribution in [-0.4, -0.2) is 74.4 Å². The number of ether oxygens (including phenoxy) is 1. The van der Waals surface area contributed by atoms with E-state index in [9.17, 15) is 50.9 Å². The number of carbonyl (C=O) groups excluding carboxylic acids is 3. The second kappa shape index (κ2) is 10.1. The zero-order valence-electron chi connectivity index (χ0n) is 20.2. The van der Waals surface area contributed by atoms with Crippen LogP contribution in [0.5, 0.6) is 11.5 Å². The largest absolute Gasteiger partial charge is 0.507 e. The highest BCUT2D eigenvalue weighted by Gasteiger charge is 2.71. The maximum absolute atomic E-state index is 14.2. The number of carbonyl (C=O) groups is 3. The summed E-state index contributed by atoms with van der Waals surface area (Å²) in [6, 6.07) is -1.13. The van der Waals surface area contributed by atoms with Crippen molar-refractivity contribution in [3.05, 3.63) is 47.4 Å². The zero-order valence-corrected chi connectivity index (χ0v) is 20.2. The van der Waals surface area contributed by atoms with Crippen molar-refractivity contribution in [3.8, 4) is 11.5 Å². The van der Waals surface area contributed by atoms with Crippen LogP contribution in [0.1, 0.15) is 29.8 Å². The van der Waals surface area contributed by atoms with Gasteiger partial charge in [-0.3, -0.25) is 14.6 Å². The third kappa shape index (κ3) is 4.92. The summed E-state index contributed by atoms with van der Waals surface area (Å²) in [5, 5.41) is 22.3. The number of nitrogens with zero attached hydrogens (tertiary/aromatic N) is 4. The molecule has 4 rings (SSSR count). The normalized spacial score (nSPS) is 22.4. The minimum absolute atomic E-state index is 0.0383. The van der Waals surface area contributed by atoms with Crippen molar-refractivity contribution in [2.75, 3.05) is 24.7 Å².